The van der Waals surface area contributed by atoms with Crippen molar-refractivity contribution in [2.75, 3.05) is 25.0 Å². The lowest BCUT2D eigenvalue weighted by atomic mass is 9.87. The largest absolute Gasteiger partial charge is 0.388 e. The number of hydrogen-bond donors (Lipinski definition) is 2. The van der Waals surface area contributed by atoms with E-state index in [1.54, 1.807) is 0 Å². The molecule has 1 aliphatic rings. The highest BCUT2D eigenvalue weighted by Crippen LogP contribution is 2.30. The molecule has 0 spiro atoms. The van der Waals surface area contributed by atoms with Crippen LogP contribution in [0.4, 0.5) is 14.5 Å². The van der Waals surface area contributed by atoms with Gasteiger partial charge in [0.15, 0.2) is 0 Å². The zero-order valence-corrected chi connectivity index (χ0v) is 14.4. The van der Waals surface area contributed by atoms with Gasteiger partial charge >= 0.3 is 0 Å². The van der Waals surface area contributed by atoms with Crippen molar-refractivity contribution in [2.45, 2.75) is 18.9 Å². The van der Waals surface area contributed by atoms with Crippen molar-refractivity contribution in [1.29, 1.82) is 0 Å². The highest BCUT2D eigenvalue weighted by Gasteiger charge is 2.27. The Morgan fingerprint density at radius 3 is 2.35 bits per heavy atom. The minimum atomic E-state index is -0.726. The van der Waals surface area contributed by atoms with Crippen LogP contribution in [0.15, 0.2) is 48.5 Å². The minimum absolute atomic E-state index is 0.113. The molecule has 1 atom stereocenters. The van der Waals surface area contributed by atoms with Crippen molar-refractivity contribution >= 4 is 11.6 Å². The number of halogens is 2. The predicted octanol–water partition coefficient (Wildman–Crippen LogP) is 3.35. The molecule has 2 N–H and O–H groups in total. The molecule has 1 aliphatic heterocycles. The molecule has 4 nitrogen and oxygen atoms in total. The maximum absolute atomic E-state index is 13.2. The highest BCUT2D eigenvalue weighted by atomic mass is 19.1. The monoisotopic (exact) mass is 360 g/mol. The zero-order valence-electron chi connectivity index (χ0n) is 14.4. The number of amides is 1. The van der Waals surface area contributed by atoms with Crippen LogP contribution in [0.25, 0.3) is 0 Å². The Bertz CT molecular complexity index is 726. The summed E-state index contributed by atoms with van der Waals surface area (Å²) >= 11 is 0. The van der Waals surface area contributed by atoms with Crippen LogP contribution in [0.2, 0.25) is 0 Å². The standard InChI is InChI=1S/C20H22F2N2O2/c21-16-10-17(22)12-18(11-16)23-19(25)13-24-8-6-15(7-9-24)20(26)14-4-2-1-3-5-14/h1-5,10-12,15,20,26H,6-9,13H2,(H,23,25)/t20-/m0/s1. The van der Waals surface area contributed by atoms with Crippen molar-refractivity contribution in [2.24, 2.45) is 5.92 Å². The number of hydrogen-bond acceptors (Lipinski definition) is 3. The van der Waals surface area contributed by atoms with Crippen LogP contribution >= 0.6 is 0 Å². The number of likely N-dealkylation sites (tertiary alicyclic amines) is 1. The summed E-state index contributed by atoms with van der Waals surface area (Å²) in [5.41, 5.74) is 1.03. The van der Waals surface area contributed by atoms with Crippen molar-refractivity contribution in [3.63, 3.8) is 0 Å². The van der Waals surface area contributed by atoms with E-state index < -0.39 is 17.7 Å². The summed E-state index contributed by atoms with van der Waals surface area (Å²) in [6, 6.07) is 12.5. The molecule has 0 unspecified atom stereocenters. The van der Waals surface area contributed by atoms with Crippen LogP contribution in [0.5, 0.6) is 0 Å². The van der Waals surface area contributed by atoms with Gasteiger partial charge in [-0.25, -0.2) is 8.78 Å². The van der Waals surface area contributed by atoms with Crippen molar-refractivity contribution in [1.82, 2.24) is 4.90 Å². The summed E-state index contributed by atoms with van der Waals surface area (Å²) in [6.07, 6.45) is 1.08. The maximum Gasteiger partial charge on any atom is 0.238 e. The molecule has 0 bridgehead atoms. The van der Waals surface area contributed by atoms with Crippen molar-refractivity contribution in [3.05, 3.63) is 65.7 Å². The molecule has 0 saturated carbocycles. The Morgan fingerprint density at radius 2 is 1.73 bits per heavy atom. The Morgan fingerprint density at radius 1 is 1.12 bits per heavy atom. The Hall–Kier alpha value is -2.31. The number of benzene rings is 2. The molecule has 26 heavy (non-hydrogen) atoms. The molecule has 2 aromatic rings. The lowest BCUT2D eigenvalue weighted by Gasteiger charge is -2.34. The van der Waals surface area contributed by atoms with Crippen LogP contribution in [0, 0.1) is 17.6 Å². The molecular formula is C20H22F2N2O2. The number of rotatable bonds is 5. The van der Waals surface area contributed by atoms with Gasteiger partial charge in [-0.2, -0.15) is 0 Å². The molecule has 0 radical (unpaired) electrons. The molecular weight excluding hydrogens is 338 g/mol. The van der Waals surface area contributed by atoms with E-state index in [2.05, 4.69) is 5.32 Å². The Labute approximate surface area is 151 Å². The first-order valence-corrected chi connectivity index (χ1v) is 8.72. The second-order valence-electron chi connectivity index (χ2n) is 6.68. The third-order valence-electron chi connectivity index (χ3n) is 4.73. The fraction of sp³-hybridized carbons (Fsp3) is 0.350. The van der Waals surface area contributed by atoms with E-state index in [-0.39, 0.29) is 24.1 Å². The molecule has 3 rings (SSSR count). The summed E-state index contributed by atoms with van der Waals surface area (Å²) in [6.45, 7) is 1.55. The minimum Gasteiger partial charge on any atom is -0.388 e. The third-order valence-corrected chi connectivity index (χ3v) is 4.73. The smallest absolute Gasteiger partial charge is 0.238 e. The number of aliphatic hydroxyl groups excluding tert-OH is 1. The van der Waals surface area contributed by atoms with E-state index in [1.165, 1.54) is 0 Å². The third kappa shape index (κ3) is 4.86. The zero-order chi connectivity index (χ0) is 18.5. The molecule has 0 aliphatic carbocycles. The molecule has 1 heterocycles. The molecule has 1 saturated heterocycles. The first-order chi connectivity index (χ1) is 12.5. The fourth-order valence-corrected chi connectivity index (χ4v) is 3.38. The molecule has 1 amide bonds. The van der Waals surface area contributed by atoms with Crippen molar-refractivity contribution < 1.29 is 18.7 Å². The van der Waals surface area contributed by atoms with Gasteiger partial charge in [-0.15, -0.1) is 0 Å². The van der Waals surface area contributed by atoms with Gasteiger partial charge in [0.25, 0.3) is 0 Å². The molecule has 6 heteroatoms. The van der Waals surface area contributed by atoms with Gasteiger partial charge < -0.3 is 10.4 Å². The number of anilines is 1. The number of carbonyl (C=O) groups excluding carboxylic acids is 1. The summed E-state index contributed by atoms with van der Waals surface area (Å²) in [4.78, 5) is 14.1. The number of piperidine rings is 1. The van der Waals surface area contributed by atoms with Crippen molar-refractivity contribution in [3.8, 4) is 0 Å². The van der Waals surface area contributed by atoms with Crippen LogP contribution in [0.1, 0.15) is 24.5 Å². The van der Waals surface area contributed by atoms with Crippen LogP contribution < -0.4 is 5.32 Å². The maximum atomic E-state index is 13.2. The number of aliphatic hydroxyl groups is 1. The van der Waals surface area contributed by atoms with Gasteiger partial charge in [0.1, 0.15) is 11.6 Å². The quantitative estimate of drug-likeness (QED) is 0.860. The second kappa shape index (κ2) is 8.38. The molecule has 2 aromatic carbocycles. The summed E-state index contributed by atoms with van der Waals surface area (Å²) in [7, 11) is 0. The Balaban J connectivity index is 1.48. The van der Waals surface area contributed by atoms with Crippen LogP contribution in [0.3, 0.4) is 0 Å². The SMILES string of the molecule is O=C(CN1CCC([C@@H](O)c2ccccc2)CC1)Nc1cc(F)cc(F)c1. The first kappa shape index (κ1) is 18.5. The van der Waals surface area contributed by atoms with E-state index in [9.17, 15) is 18.7 Å². The molecule has 0 aromatic heterocycles. The lowest BCUT2D eigenvalue weighted by molar-refractivity contribution is -0.117. The normalized spacial score (nSPS) is 17.0. The average molecular weight is 360 g/mol. The number of nitrogens with zero attached hydrogens (tertiary/aromatic N) is 1. The van der Waals surface area contributed by atoms with E-state index >= 15 is 0 Å². The van der Waals surface area contributed by atoms with Crippen LogP contribution in [-0.2, 0) is 4.79 Å². The summed E-state index contributed by atoms with van der Waals surface area (Å²) in [5.74, 6) is -1.60. The van der Waals surface area contributed by atoms with E-state index in [0.29, 0.717) is 13.1 Å². The molecule has 138 valence electrons. The van der Waals surface area contributed by atoms with Gasteiger partial charge in [-0.3, -0.25) is 9.69 Å². The number of carbonyl (C=O) groups is 1. The second-order valence-corrected chi connectivity index (χ2v) is 6.68. The first-order valence-electron chi connectivity index (χ1n) is 8.72. The molecule has 1 fully saturated rings. The lowest BCUT2D eigenvalue weighted by Crippen LogP contribution is -2.40. The highest BCUT2D eigenvalue weighted by molar-refractivity contribution is 5.92. The van der Waals surface area contributed by atoms with Crippen LogP contribution in [-0.4, -0.2) is 35.5 Å². The van der Waals surface area contributed by atoms with E-state index in [0.717, 1.165) is 36.6 Å². The fourth-order valence-electron chi connectivity index (χ4n) is 3.38. The van der Waals surface area contributed by atoms with Gasteiger partial charge in [0, 0.05) is 11.8 Å². The van der Waals surface area contributed by atoms with Gasteiger partial charge in [-0.05, 0) is 49.5 Å². The number of nitrogens with one attached hydrogen (secondary N) is 1. The van der Waals surface area contributed by atoms with Gasteiger partial charge in [0.2, 0.25) is 5.91 Å². The summed E-state index contributed by atoms with van der Waals surface area (Å²) in [5, 5.41) is 13.0. The van der Waals surface area contributed by atoms with E-state index in [4.69, 9.17) is 0 Å². The topological polar surface area (TPSA) is 52.6 Å². The summed E-state index contributed by atoms with van der Waals surface area (Å²) < 4.78 is 26.3. The Kier molecular flexibility index (Phi) is 5.96. The van der Waals surface area contributed by atoms with Gasteiger partial charge in [-0.1, -0.05) is 30.3 Å². The predicted molar refractivity (Wildman–Crippen MR) is 95.6 cm³/mol. The van der Waals surface area contributed by atoms with Gasteiger partial charge in [0.05, 0.1) is 12.6 Å². The average Bonchev–Trinajstić information content (AvgIpc) is 2.61. The van der Waals surface area contributed by atoms with E-state index in [1.807, 2.05) is 35.2 Å².